The van der Waals surface area contributed by atoms with Gasteiger partial charge in [0, 0.05) is 19.2 Å². The summed E-state index contributed by atoms with van der Waals surface area (Å²) >= 11 is 0. The summed E-state index contributed by atoms with van der Waals surface area (Å²) in [6, 6.07) is 3.99. The van der Waals surface area contributed by atoms with E-state index in [2.05, 4.69) is 18.9 Å². The second-order valence-electron chi connectivity index (χ2n) is 4.67. The van der Waals surface area contributed by atoms with Crippen LogP contribution >= 0.6 is 0 Å². The van der Waals surface area contributed by atoms with E-state index in [1.54, 1.807) is 14.2 Å². The van der Waals surface area contributed by atoms with E-state index in [9.17, 15) is 0 Å². The van der Waals surface area contributed by atoms with Crippen molar-refractivity contribution in [1.29, 1.82) is 0 Å². The largest absolute Gasteiger partial charge is 0.496 e. The first kappa shape index (κ1) is 14.6. The Morgan fingerprint density at radius 1 is 1.28 bits per heavy atom. The Morgan fingerprint density at radius 3 is 2.44 bits per heavy atom. The maximum atomic E-state index is 5.67. The first-order valence-corrected chi connectivity index (χ1v) is 6.17. The van der Waals surface area contributed by atoms with E-state index in [1.807, 2.05) is 19.1 Å². The Kier molecular flexibility index (Phi) is 5.28. The highest BCUT2D eigenvalue weighted by Crippen LogP contribution is 2.36. The standard InChI is InChI=1S/C14H24N2O2/c1-10(8-15)9-16(3)12-6-7-13(17-4)11(2)14(12)18-5/h6-7,10H,8-9,15H2,1-5H3. The molecule has 1 unspecified atom stereocenters. The zero-order valence-electron chi connectivity index (χ0n) is 12.0. The summed E-state index contributed by atoms with van der Waals surface area (Å²) < 4.78 is 10.8. The van der Waals surface area contributed by atoms with Crippen molar-refractivity contribution in [2.75, 3.05) is 39.3 Å². The predicted octanol–water partition coefficient (Wildman–Crippen LogP) is 2.04. The first-order valence-electron chi connectivity index (χ1n) is 6.17. The van der Waals surface area contributed by atoms with Crippen LogP contribution in [0, 0.1) is 12.8 Å². The Hall–Kier alpha value is -1.42. The van der Waals surface area contributed by atoms with Gasteiger partial charge >= 0.3 is 0 Å². The van der Waals surface area contributed by atoms with Crippen molar-refractivity contribution in [2.24, 2.45) is 11.7 Å². The van der Waals surface area contributed by atoms with E-state index >= 15 is 0 Å². The van der Waals surface area contributed by atoms with Crippen LogP contribution in [0.3, 0.4) is 0 Å². The molecule has 1 atom stereocenters. The molecule has 0 aliphatic heterocycles. The van der Waals surface area contributed by atoms with E-state index in [0.717, 1.165) is 29.3 Å². The number of hydrogen-bond acceptors (Lipinski definition) is 4. The molecule has 4 nitrogen and oxygen atoms in total. The maximum absolute atomic E-state index is 5.67. The van der Waals surface area contributed by atoms with Crippen LogP contribution in [0.1, 0.15) is 12.5 Å². The minimum atomic E-state index is 0.446. The molecule has 102 valence electrons. The number of rotatable bonds is 6. The molecule has 0 aliphatic rings. The summed E-state index contributed by atoms with van der Waals surface area (Å²) in [5.74, 6) is 2.15. The predicted molar refractivity (Wildman–Crippen MR) is 75.8 cm³/mol. The van der Waals surface area contributed by atoms with Crippen molar-refractivity contribution in [3.05, 3.63) is 17.7 Å². The highest BCUT2D eigenvalue weighted by atomic mass is 16.5. The lowest BCUT2D eigenvalue weighted by Gasteiger charge is -2.26. The number of anilines is 1. The van der Waals surface area contributed by atoms with Gasteiger partial charge < -0.3 is 20.1 Å². The van der Waals surface area contributed by atoms with Crippen molar-refractivity contribution >= 4 is 5.69 Å². The van der Waals surface area contributed by atoms with Gasteiger partial charge in [-0.3, -0.25) is 0 Å². The average Bonchev–Trinajstić information content (AvgIpc) is 2.37. The van der Waals surface area contributed by atoms with Crippen LogP contribution in [0.4, 0.5) is 5.69 Å². The monoisotopic (exact) mass is 252 g/mol. The lowest BCUT2D eigenvalue weighted by molar-refractivity contribution is 0.388. The smallest absolute Gasteiger partial charge is 0.148 e. The van der Waals surface area contributed by atoms with Gasteiger partial charge in [0.25, 0.3) is 0 Å². The van der Waals surface area contributed by atoms with Crippen LogP contribution in [0.15, 0.2) is 12.1 Å². The molecule has 0 radical (unpaired) electrons. The minimum Gasteiger partial charge on any atom is -0.496 e. The summed E-state index contributed by atoms with van der Waals surface area (Å²) in [4.78, 5) is 2.17. The Balaban J connectivity index is 3.05. The molecule has 0 bridgehead atoms. The van der Waals surface area contributed by atoms with Crippen LogP contribution in [-0.4, -0.2) is 34.4 Å². The molecule has 18 heavy (non-hydrogen) atoms. The summed E-state index contributed by atoms with van der Waals surface area (Å²) in [5, 5.41) is 0. The van der Waals surface area contributed by atoms with E-state index in [1.165, 1.54) is 0 Å². The lowest BCUT2D eigenvalue weighted by atomic mass is 10.1. The zero-order valence-corrected chi connectivity index (χ0v) is 12.0. The fourth-order valence-electron chi connectivity index (χ4n) is 2.08. The Bertz CT molecular complexity index is 394. The fourth-order valence-corrected chi connectivity index (χ4v) is 2.08. The van der Waals surface area contributed by atoms with E-state index < -0.39 is 0 Å². The molecular formula is C14H24N2O2. The number of benzene rings is 1. The molecule has 1 aromatic rings. The second kappa shape index (κ2) is 6.50. The quantitative estimate of drug-likeness (QED) is 0.841. The molecule has 0 saturated heterocycles. The van der Waals surface area contributed by atoms with E-state index in [0.29, 0.717) is 12.5 Å². The fraction of sp³-hybridized carbons (Fsp3) is 0.571. The molecule has 0 spiro atoms. The van der Waals surface area contributed by atoms with Gasteiger partial charge in [-0.1, -0.05) is 6.92 Å². The summed E-state index contributed by atoms with van der Waals surface area (Å²) in [6.07, 6.45) is 0. The van der Waals surface area contributed by atoms with Crippen LogP contribution in [-0.2, 0) is 0 Å². The Labute approximate surface area is 110 Å². The Morgan fingerprint density at radius 2 is 1.94 bits per heavy atom. The third kappa shape index (κ3) is 3.07. The molecule has 0 saturated carbocycles. The van der Waals surface area contributed by atoms with E-state index in [-0.39, 0.29) is 0 Å². The van der Waals surface area contributed by atoms with Gasteiger partial charge in [-0.25, -0.2) is 0 Å². The van der Waals surface area contributed by atoms with Gasteiger partial charge in [-0.05, 0) is 31.5 Å². The van der Waals surface area contributed by atoms with Gasteiger partial charge in [0.2, 0.25) is 0 Å². The van der Waals surface area contributed by atoms with Gasteiger partial charge in [-0.2, -0.15) is 0 Å². The topological polar surface area (TPSA) is 47.7 Å². The number of nitrogens with zero attached hydrogens (tertiary/aromatic N) is 1. The number of methoxy groups -OCH3 is 2. The second-order valence-corrected chi connectivity index (χ2v) is 4.67. The first-order chi connectivity index (χ1) is 8.54. The highest BCUT2D eigenvalue weighted by Gasteiger charge is 2.15. The summed E-state index contributed by atoms with van der Waals surface area (Å²) in [5.41, 5.74) is 7.75. The molecule has 1 rings (SSSR count). The lowest BCUT2D eigenvalue weighted by Crippen LogP contribution is -2.28. The third-order valence-electron chi connectivity index (χ3n) is 3.16. The SMILES string of the molecule is COc1ccc(N(C)CC(C)CN)c(OC)c1C. The minimum absolute atomic E-state index is 0.446. The van der Waals surface area contributed by atoms with Gasteiger partial charge in [0.05, 0.1) is 19.9 Å². The van der Waals surface area contributed by atoms with Crippen LogP contribution in [0.25, 0.3) is 0 Å². The van der Waals surface area contributed by atoms with Gasteiger partial charge in [-0.15, -0.1) is 0 Å². The summed E-state index contributed by atoms with van der Waals surface area (Å²) in [6.45, 7) is 5.72. The van der Waals surface area contributed by atoms with Crippen molar-refractivity contribution in [2.45, 2.75) is 13.8 Å². The molecule has 0 amide bonds. The van der Waals surface area contributed by atoms with Crippen molar-refractivity contribution in [3.63, 3.8) is 0 Å². The molecule has 4 heteroatoms. The normalized spacial score (nSPS) is 12.1. The molecule has 0 fully saturated rings. The highest BCUT2D eigenvalue weighted by molar-refractivity contribution is 5.65. The average molecular weight is 252 g/mol. The summed E-state index contributed by atoms with van der Waals surface area (Å²) in [7, 11) is 5.41. The molecule has 1 aromatic carbocycles. The molecule has 0 aromatic heterocycles. The number of ether oxygens (including phenoxy) is 2. The van der Waals surface area contributed by atoms with Gasteiger partial charge in [0.1, 0.15) is 11.5 Å². The van der Waals surface area contributed by atoms with Gasteiger partial charge in [0.15, 0.2) is 0 Å². The van der Waals surface area contributed by atoms with Crippen molar-refractivity contribution in [1.82, 2.24) is 0 Å². The number of nitrogens with two attached hydrogens (primary N) is 1. The third-order valence-corrected chi connectivity index (χ3v) is 3.16. The van der Waals surface area contributed by atoms with Crippen molar-refractivity contribution in [3.8, 4) is 11.5 Å². The number of hydrogen-bond donors (Lipinski definition) is 1. The molecule has 0 aliphatic carbocycles. The molecular weight excluding hydrogens is 228 g/mol. The van der Waals surface area contributed by atoms with Crippen LogP contribution in [0.5, 0.6) is 11.5 Å². The van der Waals surface area contributed by atoms with E-state index in [4.69, 9.17) is 15.2 Å². The molecule has 0 heterocycles. The van der Waals surface area contributed by atoms with Crippen LogP contribution in [0.2, 0.25) is 0 Å². The van der Waals surface area contributed by atoms with Crippen molar-refractivity contribution < 1.29 is 9.47 Å². The maximum Gasteiger partial charge on any atom is 0.148 e. The van der Waals surface area contributed by atoms with Crippen LogP contribution < -0.4 is 20.1 Å². The zero-order chi connectivity index (χ0) is 13.7. The molecule has 2 N–H and O–H groups in total.